The van der Waals surface area contributed by atoms with E-state index in [2.05, 4.69) is 15.2 Å². The molecule has 0 fully saturated rings. The van der Waals surface area contributed by atoms with Crippen LogP contribution in [-0.2, 0) is 6.61 Å². The summed E-state index contributed by atoms with van der Waals surface area (Å²) in [5, 5.41) is 29.4. The first kappa shape index (κ1) is 21.0. The van der Waals surface area contributed by atoms with Gasteiger partial charge in [-0.25, -0.2) is 0 Å². The number of nitrogens with one attached hydrogen (secondary N) is 1. The Balaban J connectivity index is 1.46. The zero-order chi connectivity index (χ0) is 22.7. The molecule has 4 aromatic rings. The SMILES string of the molecule is O=C(N=Nc1c(O)[nH]c2ccc([N+](=O)[O-])cc12)c1ccc(COc2ccc(Cl)cc2)cc1. The van der Waals surface area contributed by atoms with Gasteiger partial charge < -0.3 is 14.8 Å². The lowest BCUT2D eigenvalue weighted by atomic mass is 10.1. The van der Waals surface area contributed by atoms with Crippen molar-refractivity contribution in [3.05, 3.63) is 93.0 Å². The van der Waals surface area contributed by atoms with Gasteiger partial charge in [0.15, 0.2) is 5.69 Å². The number of carbonyl (C=O) groups is 1. The normalized spacial score (nSPS) is 11.2. The number of fused-ring (bicyclic) bond motifs is 1. The molecule has 2 N–H and O–H groups in total. The molecular formula is C22H15ClN4O5. The fourth-order valence-corrected chi connectivity index (χ4v) is 3.09. The molecule has 0 unspecified atom stereocenters. The number of aromatic amines is 1. The largest absolute Gasteiger partial charge is 0.493 e. The maximum atomic E-state index is 12.4. The van der Waals surface area contributed by atoms with Gasteiger partial charge >= 0.3 is 0 Å². The van der Waals surface area contributed by atoms with Crippen LogP contribution >= 0.6 is 11.6 Å². The van der Waals surface area contributed by atoms with Crippen LogP contribution in [0.25, 0.3) is 10.9 Å². The first-order valence-electron chi connectivity index (χ1n) is 9.33. The summed E-state index contributed by atoms with van der Waals surface area (Å²) in [6.45, 7) is 0.305. The van der Waals surface area contributed by atoms with Gasteiger partial charge in [-0.05, 0) is 48.0 Å². The van der Waals surface area contributed by atoms with Crippen molar-refractivity contribution in [3.63, 3.8) is 0 Å². The van der Waals surface area contributed by atoms with E-state index < -0.39 is 10.8 Å². The zero-order valence-electron chi connectivity index (χ0n) is 16.4. The van der Waals surface area contributed by atoms with Crippen LogP contribution in [0, 0.1) is 10.1 Å². The van der Waals surface area contributed by atoms with Crippen LogP contribution in [0.3, 0.4) is 0 Å². The third kappa shape index (κ3) is 4.57. The number of amides is 1. The smallest absolute Gasteiger partial charge is 0.295 e. The Morgan fingerprint density at radius 2 is 1.81 bits per heavy atom. The molecule has 0 saturated heterocycles. The summed E-state index contributed by atoms with van der Waals surface area (Å²) in [4.78, 5) is 25.5. The van der Waals surface area contributed by atoms with Crippen LogP contribution in [0.1, 0.15) is 15.9 Å². The lowest BCUT2D eigenvalue weighted by molar-refractivity contribution is -0.384. The minimum atomic E-state index is -0.630. The molecule has 0 atom stereocenters. The molecule has 4 rings (SSSR count). The number of carbonyl (C=O) groups excluding carboxylic acids is 1. The van der Waals surface area contributed by atoms with E-state index in [1.165, 1.54) is 18.2 Å². The van der Waals surface area contributed by atoms with Crippen molar-refractivity contribution < 1.29 is 19.6 Å². The van der Waals surface area contributed by atoms with Crippen molar-refractivity contribution in [1.29, 1.82) is 0 Å². The lowest BCUT2D eigenvalue weighted by Gasteiger charge is -2.06. The number of nitro benzene ring substituents is 1. The van der Waals surface area contributed by atoms with E-state index in [0.717, 1.165) is 5.56 Å². The molecule has 160 valence electrons. The fraction of sp³-hybridized carbons (Fsp3) is 0.0455. The number of nitrogens with zero attached hydrogens (tertiary/aromatic N) is 3. The summed E-state index contributed by atoms with van der Waals surface area (Å²) in [7, 11) is 0. The average Bonchev–Trinajstić information content (AvgIpc) is 3.11. The van der Waals surface area contributed by atoms with E-state index in [-0.39, 0.29) is 28.2 Å². The molecule has 0 aliphatic carbocycles. The van der Waals surface area contributed by atoms with E-state index in [1.54, 1.807) is 48.5 Å². The molecule has 1 heterocycles. The third-order valence-electron chi connectivity index (χ3n) is 4.61. The number of aromatic hydroxyl groups is 1. The molecule has 0 radical (unpaired) electrons. The van der Waals surface area contributed by atoms with Gasteiger partial charge in [0.25, 0.3) is 11.6 Å². The van der Waals surface area contributed by atoms with E-state index in [9.17, 15) is 20.0 Å². The second-order valence-corrected chi connectivity index (χ2v) is 7.19. The summed E-state index contributed by atoms with van der Waals surface area (Å²) in [5.74, 6) is -0.303. The lowest BCUT2D eigenvalue weighted by Crippen LogP contribution is -1.98. The number of ether oxygens (including phenoxy) is 1. The van der Waals surface area contributed by atoms with E-state index in [0.29, 0.717) is 22.9 Å². The molecule has 0 spiro atoms. The molecule has 1 aromatic heterocycles. The molecule has 0 bridgehead atoms. The number of H-pyrrole nitrogens is 1. The van der Waals surface area contributed by atoms with Crippen molar-refractivity contribution in [2.24, 2.45) is 10.2 Å². The number of hydrogen-bond acceptors (Lipinski definition) is 6. The second-order valence-electron chi connectivity index (χ2n) is 6.75. The van der Waals surface area contributed by atoms with E-state index in [1.807, 2.05) is 0 Å². The molecule has 9 nitrogen and oxygen atoms in total. The summed E-state index contributed by atoms with van der Waals surface area (Å²) in [6, 6.07) is 17.6. The Hall–Kier alpha value is -4.24. The number of azo groups is 1. The van der Waals surface area contributed by atoms with Crippen LogP contribution < -0.4 is 4.74 Å². The highest BCUT2D eigenvalue weighted by atomic mass is 35.5. The molecule has 0 aliphatic rings. The van der Waals surface area contributed by atoms with Crippen LogP contribution in [0.2, 0.25) is 5.02 Å². The standard InChI is InChI=1S/C22H15ClN4O5/c23-15-5-8-17(9-6-15)32-12-13-1-3-14(4-2-13)21(28)26-25-20-18-11-16(27(30)31)7-10-19(18)24-22(20)29/h1-11,24,29H,12H2. The zero-order valence-corrected chi connectivity index (χ0v) is 17.1. The number of aromatic nitrogens is 1. The summed E-state index contributed by atoms with van der Waals surface area (Å²) in [6.07, 6.45) is 0. The van der Waals surface area contributed by atoms with Crippen molar-refractivity contribution in [2.45, 2.75) is 6.61 Å². The summed E-state index contributed by atoms with van der Waals surface area (Å²) in [5.41, 5.74) is 1.34. The number of rotatable bonds is 6. The van der Waals surface area contributed by atoms with Gasteiger partial charge in [0.2, 0.25) is 5.88 Å². The number of hydrogen-bond donors (Lipinski definition) is 2. The van der Waals surface area contributed by atoms with Crippen molar-refractivity contribution in [2.75, 3.05) is 0 Å². The molecule has 0 aliphatic heterocycles. The van der Waals surface area contributed by atoms with E-state index in [4.69, 9.17) is 16.3 Å². The summed E-state index contributed by atoms with van der Waals surface area (Å²) < 4.78 is 5.66. The highest BCUT2D eigenvalue weighted by molar-refractivity contribution is 6.30. The average molecular weight is 451 g/mol. The Morgan fingerprint density at radius 3 is 2.50 bits per heavy atom. The molecule has 0 saturated carbocycles. The molecule has 3 aromatic carbocycles. The third-order valence-corrected chi connectivity index (χ3v) is 4.86. The monoisotopic (exact) mass is 450 g/mol. The number of non-ortho nitro benzene ring substituents is 1. The van der Waals surface area contributed by atoms with Gasteiger partial charge in [0, 0.05) is 28.1 Å². The van der Waals surface area contributed by atoms with Gasteiger partial charge in [-0.15, -0.1) is 10.2 Å². The Bertz CT molecular complexity index is 1330. The van der Waals surface area contributed by atoms with Gasteiger partial charge in [-0.2, -0.15) is 0 Å². The molecule has 1 amide bonds. The quantitative estimate of drug-likeness (QED) is 0.213. The highest BCUT2D eigenvalue weighted by Crippen LogP contribution is 2.37. The molecule has 32 heavy (non-hydrogen) atoms. The number of benzene rings is 3. The first-order chi connectivity index (χ1) is 15.4. The van der Waals surface area contributed by atoms with Gasteiger partial charge in [0.05, 0.1) is 10.4 Å². The number of halogens is 1. The van der Waals surface area contributed by atoms with Gasteiger partial charge in [-0.3, -0.25) is 14.9 Å². The van der Waals surface area contributed by atoms with Crippen LogP contribution in [0.4, 0.5) is 11.4 Å². The maximum Gasteiger partial charge on any atom is 0.295 e. The Kier molecular flexibility index (Phi) is 5.82. The van der Waals surface area contributed by atoms with Gasteiger partial charge in [-0.1, -0.05) is 23.7 Å². The predicted molar refractivity (Wildman–Crippen MR) is 118 cm³/mol. The van der Waals surface area contributed by atoms with Crippen LogP contribution in [0.15, 0.2) is 77.0 Å². The molecular weight excluding hydrogens is 436 g/mol. The van der Waals surface area contributed by atoms with Crippen LogP contribution in [-0.4, -0.2) is 20.9 Å². The predicted octanol–water partition coefficient (Wildman–Crippen LogP) is 5.94. The highest BCUT2D eigenvalue weighted by Gasteiger charge is 2.15. The minimum Gasteiger partial charge on any atom is -0.493 e. The van der Waals surface area contributed by atoms with Crippen molar-refractivity contribution >= 4 is 39.8 Å². The minimum absolute atomic E-state index is 0.0509. The fourth-order valence-electron chi connectivity index (χ4n) is 2.96. The number of nitro groups is 1. The summed E-state index contributed by atoms with van der Waals surface area (Å²) >= 11 is 5.84. The Labute approximate surface area is 186 Å². The maximum absolute atomic E-state index is 12.4. The molecule has 10 heteroatoms. The van der Waals surface area contributed by atoms with E-state index >= 15 is 0 Å². The van der Waals surface area contributed by atoms with Crippen molar-refractivity contribution in [1.82, 2.24) is 4.98 Å². The Morgan fingerprint density at radius 1 is 1.09 bits per heavy atom. The van der Waals surface area contributed by atoms with Gasteiger partial charge in [0.1, 0.15) is 12.4 Å². The topological polar surface area (TPSA) is 130 Å². The van der Waals surface area contributed by atoms with Crippen LogP contribution in [0.5, 0.6) is 11.6 Å². The van der Waals surface area contributed by atoms with Crippen molar-refractivity contribution in [3.8, 4) is 11.6 Å². The second kappa shape index (κ2) is 8.86. The first-order valence-corrected chi connectivity index (χ1v) is 9.71.